The number of para-hydroxylation sites is 1. The van der Waals surface area contributed by atoms with E-state index in [1.165, 1.54) is 65.7 Å². The third kappa shape index (κ3) is 3.73. The first-order valence-corrected chi connectivity index (χ1v) is 15.2. The molecule has 0 amide bonds. The van der Waals surface area contributed by atoms with Crippen molar-refractivity contribution in [3.8, 4) is 33.4 Å². The fraction of sp³-hybridized carbons (Fsp3) is 0.0233. The van der Waals surface area contributed by atoms with Gasteiger partial charge in [0.2, 0.25) is 0 Å². The van der Waals surface area contributed by atoms with Gasteiger partial charge in [-0.3, -0.25) is 0 Å². The van der Waals surface area contributed by atoms with Crippen LogP contribution >= 0.6 is 0 Å². The second-order valence-electron chi connectivity index (χ2n) is 11.7. The summed E-state index contributed by atoms with van der Waals surface area (Å²) >= 11 is 0. The van der Waals surface area contributed by atoms with E-state index in [-0.39, 0.29) is 0 Å². The van der Waals surface area contributed by atoms with Crippen molar-refractivity contribution < 1.29 is 4.42 Å². The lowest BCUT2D eigenvalue weighted by Crippen LogP contribution is -1.91. The zero-order valence-corrected chi connectivity index (χ0v) is 24.3. The van der Waals surface area contributed by atoms with E-state index >= 15 is 0 Å². The van der Waals surface area contributed by atoms with Crippen LogP contribution in [0.1, 0.15) is 5.56 Å². The maximum atomic E-state index is 6.29. The molecule has 8 aromatic carbocycles. The Kier molecular flexibility index (Phi) is 5.48. The van der Waals surface area contributed by atoms with Gasteiger partial charge >= 0.3 is 0 Å². The van der Waals surface area contributed by atoms with Gasteiger partial charge in [0.25, 0.3) is 0 Å². The number of hydrogen-bond acceptors (Lipinski definition) is 1. The Morgan fingerprint density at radius 2 is 0.909 bits per heavy atom. The molecule has 0 fully saturated rings. The summed E-state index contributed by atoms with van der Waals surface area (Å²) in [5.41, 5.74) is 10.5. The van der Waals surface area contributed by atoms with Crippen molar-refractivity contribution in [3.05, 3.63) is 157 Å². The van der Waals surface area contributed by atoms with Gasteiger partial charge in [-0.25, -0.2) is 0 Å². The topological polar surface area (TPSA) is 13.1 Å². The first-order valence-electron chi connectivity index (χ1n) is 15.2. The van der Waals surface area contributed by atoms with E-state index in [0.29, 0.717) is 0 Å². The molecule has 0 saturated carbocycles. The minimum Gasteiger partial charge on any atom is -0.456 e. The van der Waals surface area contributed by atoms with E-state index in [2.05, 4.69) is 153 Å². The van der Waals surface area contributed by atoms with Crippen LogP contribution in [0, 0.1) is 6.92 Å². The molecule has 206 valence electrons. The molecule has 0 spiro atoms. The zero-order chi connectivity index (χ0) is 29.2. The predicted molar refractivity (Wildman–Crippen MR) is 187 cm³/mol. The molecule has 9 rings (SSSR count). The first kappa shape index (κ1) is 24.9. The van der Waals surface area contributed by atoms with Gasteiger partial charge in [0.1, 0.15) is 11.2 Å². The second kappa shape index (κ2) is 9.69. The van der Waals surface area contributed by atoms with Crippen LogP contribution in [-0.2, 0) is 0 Å². The fourth-order valence-electron chi connectivity index (χ4n) is 7.19. The van der Waals surface area contributed by atoms with Gasteiger partial charge in [0, 0.05) is 10.8 Å². The minimum atomic E-state index is 0.930. The quantitative estimate of drug-likeness (QED) is 0.196. The summed E-state index contributed by atoms with van der Waals surface area (Å²) in [5, 5.41) is 9.89. The third-order valence-corrected chi connectivity index (χ3v) is 9.16. The monoisotopic (exact) mass is 560 g/mol. The Bertz CT molecular complexity index is 2490. The molecule has 0 saturated heterocycles. The van der Waals surface area contributed by atoms with Crippen molar-refractivity contribution in [1.29, 1.82) is 0 Å². The molecule has 0 unspecified atom stereocenters. The standard InChI is InChI=1S/C43H28O/c1-27-25-31(26-39-34-14-8-9-20-40(34)44-43(27)39)42-37-17-6-4-15-35(37)41(36-16-5-7-18-38(36)42)30-23-21-29(22-24-30)33-19-10-12-28-11-2-3-13-32(28)33/h2-26H,1H3. The molecule has 0 aliphatic heterocycles. The summed E-state index contributed by atoms with van der Waals surface area (Å²) < 4.78 is 6.29. The highest BCUT2D eigenvalue weighted by atomic mass is 16.3. The lowest BCUT2D eigenvalue weighted by Gasteiger charge is -2.18. The highest BCUT2D eigenvalue weighted by Gasteiger charge is 2.19. The molecular formula is C43H28O. The molecule has 0 atom stereocenters. The van der Waals surface area contributed by atoms with Crippen LogP contribution in [-0.4, -0.2) is 0 Å². The third-order valence-electron chi connectivity index (χ3n) is 9.16. The average molecular weight is 561 g/mol. The van der Waals surface area contributed by atoms with Crippen LogP contribution in [0.3, 0.4) is 0 Å². The molecule has 0 aliphatic carbocycles. The number of rotatable bonds is 3. The van der Waals surface area contributed by atoms with Crippen LogP contribution in [0.15, 0.2) is 156 Å². The van der Waals surface area contributed by atoms with Gasteiger partial charge in [-0.1, -0.05) is 133 Å². The Morgan fingerprint density at radius 1 is 0.386 bits per heavy atom. The van der Waals surface area contributed by atoms with Crippen molar-refractivity contribution >= 4 is 54.3 Å². The van der Waals surface area contributed by atoms with Crippen LogP contribution in [0.4, 0.5) is 0 Å². The van der Waals surface area contributed by atoms with Crippen LogP contribution in [0.2, 0.25) is 0 Å². The molecule has 0 bridgehead atoms. The lowest BCUT2D eigenvalue weighted by atomic mass is 9.85. The van der Waals surface area contributed by atoms with Gasteiger partial charge in [-0.2, -0.15) is 0 Å². The average Bonchev–Trinajstić information content (AvgIpc) is 3.46. The van der Waals surface area contributed by atoms with E-state index < -0.39 is 0 Å². The summed E-state index contributed by atoms with van der Waals surface area (Å²) in [5.74, 6) is 0. The van der Waals surface area contributed by atoms with Crippen LogP contribution < -0.4 is 0 Å². The number of benzene rings is 8. The van der Waals surface area contributed by atoms with Crippen molar-refractivity contribution in [2.24, 2.45) is 0 Å². The predicted octanol–water partition coefficient (Wildman–Crippen LogP) is 12.4. The van der Waals surface area contributed by atoms with Crippen molar-refractivity contribution in [2.45, 2.75) is 6.92 Å². The molecule has 1 heteroatoms. The van der Waals surface area contributed by atoms with E-state index in [9.17, 15) is 0 Å². The SMILES string of the molecule is Cc1cc(-c2c3ccccc3c(-c3ccc(-c4cccc5ccccc45)cc3)c3ccccc23)cc2c1oc1ccccc12. The molecule has 44 heavy (non-hydrogen) atoms. The molecule has 1 nitrogen and oxygen atoms in total. The molecule has 0 aliphatic rings. The minimum absolute atomic E-state index is 0.930. The summed E-state index contributed by atoms with van der Waals surface area (Å²) in [4.78, 5) is 0. The van der Waals surface area contributed by atoms with E-state index in [1.54, 1.807) is 0 Å². The van der Waals surface area contributed by atoms with Gasteiger partial charge in [0.15, 0.2) is 0 Å². The molecule has 1 aromatic heterocycles. The second-order valence-corrected chi connectivity index (χ2v) is 11.7. The van der Waals surface area contributed by atoms with Crippen molar-refractivity contribution in [1.82, 2.24) is 0 Å². The Hall–Kier alpha value is -5.66. The maximum absolute atomic E-state index is 6.29. The summed E-state index contributed by atoms with van der Waals surface area (Å²) in [6.07, 6.45) is 0. The smallest absolute Gasteiger partial charge is 0.138 e. The number of fused-ring (bicyclic) bond motifs is 6. The largest absolute Gasteiger partial charge is 0.456 e. The molecule has 0 N–H and O–H groups in total. The van der Waals surface area contributed by atoms with Gasteiger partial charge in [0.05, 0.1) is 0 Å². The number of hydrogen-bond donors (Lipinski definition) is 0. The molecular weight excluding hydrogens is 532 g/mol. The Balaban J connectivity index is 1.29. The number of furan rings is 1. The summed E-state index contributed by atoms with van der Waals surface area (Å²) in [7, 11) is 0. The van der Waals surface area contributed by atoms with E-state index in [0.717, 1.165) is 27.5 Å². The first-order chi connectivity index (χ1) is 21.7. The van der Waals surface area contributed by atoms with Gasteiger partial charge in [-0.15, -0.1) is 0 Å². The Morgan fingerprint density at radius 3 is 1.59 bits per heavy atom. The summed E-state index contributed by atoms with van der Waals surface area (Å²) in [6.45, 7) is 2.16. The van der Waals surface area contributed by atoms with Gasteiger partial charge < -0.3 is 4.42 Å². The highest BCUT2D eigenvalue weighted by molar-refractivity contribution is 6.22. The summed E-state index contributed by atoms with van der Waals surface area (Å²) in [6, 6.07) is 55.0. The lowest BCUT2D eigenvalue weighted by molar-refractivity contribution is 0.666. The number of aryl methyl sites for hydroxylation is 1. The fourth-order valence-corrected chi connectivity index (χ4v) is 7.19. The van der Waals surface area contributed by atoms with Crippen molar-refractivity contribution in [3.63, 3.8) is 0 Å². The van der Waals surface area contributed by atoms with Crippen LogP contribution in [0.5, 0.6) is 0 Å². The Labute approximate surface area is 255 Å². The zero-order valence-electron chi connectivity index (χ0n) is 24.3. The molecule has 1 heterocycles. The molecule has 9 aromatic rings. The van der Waals surface area contributed by atoms with Crippen LogP contribution in [0.25, 0.3) is 87.6 Å². The normalized spacial score (nSPS) is 11.8. The molecule has 0 radical (unpaired) electrons. The maximum Gasteiger partial charge on any atom is 0.138 e. The highest BCUT2D eigenvalue weighted by Crippen LogP contribution is 2.45. The van der Waals surface area contributed by atoms with Crippen molar-refractivity contribution in [2.75, 3.05) is 0 Å². The van der Waals surface area contributed by atoms with E-state index in [1.807, 2.05) is 6.07 Å². The van der Waals surface area contributed by atoms with E-state index in [4.69, 9.17) is 4.42 Å². The van der Waals surface area contributed by atoms with Gasteiger partial charge in [-0.05, 0) is 96.4 Å².